The Bertz CT molecular complexity index is 1060. The molecule has 0 fully saturated rings. The Balaban J connectivity index is 1.74. The summed E-state index contributed by atoms with van der Waals surface area (Å²) in [7, 11) is -3.14. The summed E-state index contributed by atoms with van der Waals surface area (Å²) in [6.07, 6.45) is 1.21. The number of nitrogens with one attached hydrogen (secondary N) is 1. The molecule has 2 aromatic carbocycles. The first-order chi connectivity index (χ1) is 12.8. The zero-order chi connectivity index (χ0) is 19.4. The molecule has 0 radical (unpaired) electrons. The number of halogens is 1. The number of benzene rings is 2. The average Bonchev–Trinajstić information content (AvgIpc) is 2.96. The van der Waals surface area contributed by atoms with Crippen LogP contribution in [0.3, 0.4) is 0 Å². The fourth-order valence-electron chi connectivity index (χ4n) is 2.78. The first kappa shape index (κ1) is 19.0. The summed E-state index contributed by atoms with van der Waals surface area (Å²) >= 11 is 0. The van der Waals surface area contributed by atoms with Gasteiger partial charge in [-0.25, -0.2) is 17.8 Å². The van der Waals surface area contributed by atoms with Crippen LogP contribution >= 0.6 is 0 Å². The predicted octanol–water partition coefficient (Wildman–Crippen LogP) is 2.08. The number of aromatic nitrogens is 2. The van der Waals surface area contributed by atoms with Crippen molar-refractivity contribution < 1.29 is 17.6 Å². The van der Waals surface area contributed by atoms with Gasteiger partial charge in [0.1, 0.15) is 21.5 Å². The smallest absolute Gasteiger partial charge is 0.227 e. The summed E-state index contributed by atoms with van der Waals surface area (Å²) in [4.78, 5) is 16.8. The lowest BCUT2D eigenvalue weighted by atomic mass is 10.2. The van der Waals surface area contributed by atoms with Gasteiger partial charge < -0.3 is 9.88 Å². The van der Waals surface area contributed by atoms with E-state index in [-0.39, 0.29) is 37.0 Å². The number of aryl methyl sites for hydroxylation is 1. The van der Waals surface area contributed by atoms with Crippen LogP contribution in [0, 0.1) is 5.82 Å². The molecule has 0 atom stereocenters. The Kier molecular flexibility index (Phi) is 5.55. The molecule has 0 bridgehead atoms. The molecule has 0 aliphatic carbocycles. The van der Waals surface area contributed by atoms with Crippen molar-refractivity contribution in [2.45, 2.75) is 19.5 Å². The summed E-state index contributed by atoms with van der Waals surface area (Å²) in [6.45, 7) is 0.516. The van der Waals surface area contributed by atoms with Crippen LogP contribution in [0.15, 0.2) is 48.5 Å². The minimum atomic E-state index is -3.14. The van der Waals surface area contributed by atoms with E-state index in [0.29, 0.717) is 11.3 Å². The number of sulfone groups is 1. The van der Waals surface area contributed by atoms with Crippen molar-refractivity contribution in [1.29, 1.82) is 0 Å². The van der Waals surface area contributed by atoms with Gasteiger partial charge in [-0.1, -0.05) is 24.3 Å². The number of imidazole rings is 1. The lowest BCUT2D eigenvalue weighted by molar-refractivity contribution is -0.120. The third kappa shape index (κ3) is 5.13. The van der Waals surface area contributed by atoms with Crippen molar-refractivity contribution in [1.82, 2.24) is 14.9 Å². The van der Waals surface area contributed by atoms with Crippen LogP contribution < -0.4 is 5.32 Å². The van der Waals surface area contributed by atoms with E-state index in [0.717, 1.165) is 11.1 Å². The minimum Gasteiger partial charge on any atom is -0.352 e. The third-order valence-electron chi connectivity index (χ3n) is 4.14. The van der Waals surface area contributed by atoms with Crippen molar-refractivity contribution in [3.63, 3.8) is 0 Å². The van der Waals surface area contributed by atoms with Crippen molar-refractivity contribution in [3.8, 4) is 0 Å². The lowest BCUT2D eigenvalue weighted by Gasteiger charge is -2.09. The van der Waals surface area contributed by atoms with Crippen LogP contribution in [0.4, 0.5) is 4.39 Å². The molecule has 0 saturated carbocycles. The molecule has 8 heteroatoms. The SMILES string of the molecule is CS(=O)(=O)CCn1c(CC(=O)NCc2ccc(F)cc2)nc2ccccc21. The highest BCUT2D eigenvalue weighted by Crippen LogP contribution is 2.17. The molecule has 0 aliphatic rings. The molecule has 142 valence electrons. The maximum Gasteiger partial charge on any atom is 0.227 e. The third-order valence-corrected chi connectivity index (χ3v) is 5.07. The van der Waals surface area contributed by atoms with E-state index in [9.17, 15) is 17.6 Å². The first-order valence-corrected chi connectivity index (χ1v) is 10.5. The van der Waals surface area contributed by atoms with Crippen LogP contribution in [-0.4, -0.2) is 35.9 Å². The Morgan fingerprint density at radius 2 is 1.85 bits per heavy atom. The number of carbonyl (C=O) groups is 1. The summed E-state index contributed by atoms with van der Waals surface area (Å²) in [5.74, 6) is -0.0891. The molecule has 0 aliphatic heterocycles. The molecule has 1 heterocycles. The Morgan fingerprint density at radius 3 is 2.56 bits per heavy atom. The maximum absolute atomic E-state index is 12.9. The molecular weight excluding hydrogens is 369 g/mol. The number of carbonyl (C=O) groups excluding carboxylic acids is 1. The largest absolute Gasteiger partial charge is 0.352 e. The Morgan fingerprint density at radius 1 is 1.15 bits per heavy atom. The fraction of sp³-hybridized carbons (Fsp3) is 0.263. The summed E-state index contributed by atoms with van der Waals surface area (Å²) < 4.78 is 37.8. The van der Waals surface area contributed by atoms with Crippen LogP contribution in [0.5, 0.6) is 0 Å². The number of para-hydroxylation sites is 2. The van der Waals surface area contributed by atoms with E-state index >= 15 is 0 Å². The number of amides is 1. The van der Waals surface area contributed by atoms with Crippen molar-refractivity contribution >= 4 is 26.8 Å². The molecular formula is C19H20FN3O3S. The Hall–Kier alpha value is -2.74. The molecule has 1 amide bonds. The molecule has 27 heavy (non-hydrogen) atoms. The van der Waals surface area contributed by atoms with Gasteiger partial charge in [-0.15, -0.1) is 0 Å². The van der Waals surface area contributed by atoms with E-state index in [1.165, 1.54) is 18.4 Å². The standard InChI is InChI=1S/C19H20FN3O3S/c1-27(25,26)11-10-23-17-5-3-2-4-16(17)22-18(23)12-19(24)21-13-14-6-8-15(20)9-7-14/h2-9H,10-13H2,1H3,(H,21,24). The summed E-state index contributed by atoms with van der Waals surface area (Å²) in [5.41, 5.74) is 2.30. The summed E-state index contributed by atoms with van der Waals surface area (Å²) in [5, 5.41) is 2.78. The first-order valence-electron chi connectivity index (χ1n) is 8.45. The van der Waals surface area contributed by atoms with Gasteiger partial charge >= 0.3 is 0 Å². The number of hydrogen-bond donors (Lipinski definition) is 1. The van der Waals surface area contributed by atoms with Crippen molar-refractivity contribution in [2.75, 3.05) is 12.0 Å². The van der Waals surface area contributed by atoms with E-state index in [4.69, 9.17) is 0 Å². The number of fused-ring (bicyclic) bond motifs is 1. The molecule has 0 saturated heterocycles. The molecule has 3 rings (SSSR count). The van der Waals surface area contributed by atoms with E-state index in [2.05, 4.69) is 10.3 Å². The topological polar surface area (TPSA) is 81.1 Å². The quantitative estimate of drug-likeness (QED) is 0.671. The van der Waals surface area contributed by atoms with Crippen molar-refractivity contribution in [2.24, 2.45) is 0 Å². The van der Waals surface area contributed by atoms with Gasteiger partial charge in [0, 0.05) is 19.3 Å². The minimum absolute atomic E-state index is 0.0274. The highest BCUT2D eigenvalue weighted by atomic mass is 32.2. The molecule has 6 nitrogen and oxygen atoms in total. The van der Waals surface area contributed by atoms with Gasteiger partial charge in [0.05, 0.1) is 23.2 Å². The van der Waals surface area contributed by atoms with Gasteiger partial charge in [-0.05, 0) is 29.8 Å². The lowest BCUT2D eigenvalue weighted by Crippen LogP contribution is -2.26. The van der Waals surface area contributed by atoms with E-state index in [1.807, 2.05) is 24.3 Å². The maximum atomic E-state index is 12.9. The van der Waals surface area contributed by atoms with Gasteiger partial charge in [0.25, 0.3) is 0 Å². The van der Waals surface area contributed by atoms with Gasteiger partial charge in [-0.3, -0.25) is 4.79 Å². The van der Waals surface area contributed by atoms with Crippen LogP contribution in [0.1, 0.15) is 11.4 Å². The number of nitrogens with zero attached hydrogens (tertiary/aromatic N) is 2. The molecule has 3 aromatic rings. The highest BCUT2D eigenvalue weighted by molar-refractivity contribution is 7.90. The number of hydrogen-bond acceptors (Lipinski definition) is 4. The van der Waals surface area contributed by atoms with Crippen molar-refractivity contribution in [3.05, 3.63) is 65.7 Å². The van der Waals surface area contributed by atoms with Gasteiger partial charge in [0.15, 0.2) is 0 Å². The normalized spacial score (nSPS) is 11.6. The second-order valence-corrected chi connectivity index (χ2v) is 8.64. The fourth-order valence-corrected chi connectivity index (χ4v) is 3.29. The van der Waals surface area contributed by atoms with Crippen LogP contribution in [0.2, 0.25) is 0 Å². The molecule has 0 spiro atoms. The van der Waals surface area contributed by atoms with E-state index in [1.54, 1.807) is 16.7 Å². The summed E-state index contributed by atoms with van der Waals surface area (Å²) in [6, 6.07) is 13.3. The van der Waals surface area contributed by atoms with Crippen LogP contribution in [-0.2, 0) is 34.1 Å². The second kappa shape index (κ2) is 7.87. The molecule has 0 unspecified atom stereocenters. The Labute approximate surface area is 157 Å². The van der Waals surface area contributed by atoms with E-state index < -0.39 is 9.84 Å². The second-order valence-electron chi connectivity index (χ2n) is 6.38. The van der Waals surface area contributed by atoms with Gasteiger partial charge in [-0.2, -0.15) is 0 Å². The van der Waals surface area contributed by atoms with Crippen LogP contribution in [0.25, 0.3) is 11.0 Å². The highest BCUT2D eigenvalue weighted by Gasteiger charge is 2.15. The monoisotopic (exact) mass is 389 g/mol. The van der Waals surface area contributed by atoms with Gasteiger partial charge in [0.2, 0.25) is 5.91 Å². The average molecular weight is 389 g/mol. The molecule has 1 N–H and O–H groups in total. The zero-order valence-corrected chi connectivity index (χ0v) is 15.7. The number of rotatable bonds is 7. The predicted molar refractivity (Wildman–Crippen MR) is 101 cm³/mol. The zero-order valence-electron chi connectivity index (χ0n) is 14.9. The molecule has 1 aromatic heterocycles.